The Kier molecular flexibility index (Phi) is 662. The second kappa shape index (κ2) is 86.2. The lowest BCUT2D eigenvalue weighted by Crippen LogP contribution is -1.29. The average Bonchev–Trinajstić information content (AvgIpc) is 1.00. The Morgan fingerprint density at radius 2 is 0.800 bits per heavy atom. The molecule has 3 nitrogen and oxygen atoms in total. The topological polar surface area (TPSA) is 72.0 Å². The van der Waals surface area contributed by atoms with E-state index >= 15 is 0 Å². The first-order valence-corrected chi connectivity index (χ1v) is 0.200. The fourth-order valence-electron chi connectivity index (χ4n) is 0. The lowest BCUT2D eigenvalue weighted by Gasteiger charge is -1.25. The van der Waals surface area contributed by atoms with E-state index in [2.05, 4.69) is 0 Å². The van der Waals surface area contributed by atoms with Crippen LogP contribution in [0.25, 0.3) is 0 Å². The summed E-state index contributed by atoms with van der Waals surface area (Å²) < 4.78 is 0. The Balaban J connectivity index is -0.00000000167. The highest BCUT2D eigenvalue weighted by molar-refractivity contribution is 5.76. The summed E-state index contributed by atoms with van der Waals surface area (Å²) in [7, 11) is 0. The molecule has 0 aliphatic rings. The fraction of sp³-hybridized carbons (Fsp3) is 0. The second-order valence-corrected chi connectivity index (χ2v) is 0. The van der Waals surface area contributed by atoms with E-state index in [0.29, 0.717) is 0 Å². The van der Waals surface area contributed by atoms with Gasteiger partial charge in [0.1, 0.15) is 0 Å². The van der Waals surface area contributed by atoms with Gasteiger partial charge in [0, 0.05) is 0 Å². The third-order valence-corrected chi connectivity index (χ3v) is 0. The summed E-state index contributed by atoms with van der Waals surface area (Å²) in [4.78, 5) is 0. The van der Waals surface area contributed by atoms with Crippen molar-refractivity contribution in [3.8, 4) is 0 Å². The molecule has 0 aromatic carbocycles. The van der Waals surface area contributed by atoms with Gasteiger partial charge in [0.2, 0.25) is 0 Å². The van der Waals surface area contributed by atoms with Crippen LogP contribution in [0.15, 0.2) is 0 Å². The van der Waals surface area contributed by atoms with Crippen molar-refractivity contribution in [1.82, 2.24) is 0 Å². The standard InChI is InChI=1S/2Al.H2O2.H2O.6H/c;;1-2;;;;;;;/h;;1-2H;1H2;;;;;;. The van der Waals surface area contributed by atoms with Gasteiger partial charge in [-0.25, -0.2) is 0 Å². The van der Waals surface area contributed by atoms with E-state index in [0.717, 1.165) is 0 Å². The highest BCUT2D eigenvalue weighted by Crippen LogP contribution is 0.711. The van der Waals surface area contributed by atoms with Crippen molar-refractivity contribution in [2.24, 2.45) is 0 Å². The van der Waals surface area contributed by atoms with Crippen LogP contribution in [-0.4, -0.2) is 50.7 Å². The second-order valence-electron chi connectivity index (χ2n) is 0. The molecule has 0 rings (SSSR count). The summed E-state index contributed by atoms with van der Waals surface area (Å²) in [6.45, 7) is 0. The summed E-state index contributed by atoms with van der Waals surface area (Å²) in [6, 6.07) is 0. The van der Waals surface area contributed by atoms with Crippen LogP contribution in [0.5, 0.6) is 0 Å². The Morgan fingerprint density at radius 1 is 0.800 bits per heavy atom. The monoisotopic (exact) mass is 112 g/mol. The summed E-state index contributed by atoms with van der Waals surface area (Å²) in [5.41, 5.74) is 0. The minimum absolute atomic E-state index is 0. The zero-order valence-electron chi connectivity index (χ0n) is 1.39. The zero-order valence-corrected chi connectivity index (χ0v) is 1.39. The Labute approximate surface area is 51.1 Å². The Hall–Kier alpha value is 0.945. The average molecular weight is 112 g/mol. The van der Waals surface area contributed by atoms with Gasteiger partial charge in [-0.05, 0) is 0 Å². The molecular formula is H10Al2O3. The Bertz CT molecular complexity index is 4.85. The van der Waals surface area contributed by atoms with Crippen molar-refractivity contribution in [1.29, 1.82) is 0 Å². The van der Waals surface area contributed by atoms with Gasteiger partial charge in [0.05, 0.1) is 0 Å². The molecule has 0 amide bonds. The van der Waals surface area contributed by atoms with Crippen LogP contribution in [-0.2, 0) is 0 Å². The van der Waals surface area contributed by atoms with Crippen molar-refractivity contribution in [2.45, 2.75) is 0 Å². The molecule has 4 N–H and O–H groups in total. The van der Waals surface area contributed by atoms with Crippen molar-refractivity contribution >= 4 is 34.7 Å². The molecule has 5 heteroatoms. The summed E-state index contributed by atoms with van der Waals surface area (Å²) in [6.07, 6.45) is 0. The maximum Gasteiger partial charge on any atom is 0.187 e. The highest BCUT2D eigenvalue weighted by Gasteiger charge is 0.745. The molecule has 0 unspecified atom stereocenters. The molecule has 0 radical (unpaired) electrons. The first-order chi connectivity index (χ1) is 1.00. The van der Waals surface area contributed by atoms with Gasteiger partial charge in [0.25, 0.3) is 0 Å². The first-order valence-electron chi connectivity index (χ1n) is 0.200. The molecular weight excluding hydrogens is 102 g/mol. The van der Waals surface area contributed by atoms with E-state index in [1.54, 1.807) is 0 Å². The highest BCUT2D eigenvalue weighted by atomic mass is 27.0. The predicted molar refractivity (Wildman–Crippen MR) is 28.7 cm³/mol. The van der Waals surface area contributed by atoms with Gasteiger partial charge in [0.15, 0.2) is 34.7 Å². The smallest absolute Gasteiger partial charge is 0.187 e. The van der Waals surface area contributed by atoms with Crippen LogP contribution in [0.2, 0.25) is 0 Å². The van der Waals surface area contributed by atoms with Crippen molar-refractivity contribution < 1.29 is 16.0 Å². The molecule has 5 heavy (non-hydrogen) atoms. The molecule has 34 valence electrons. The maximum absolute atomic E-state index is 6.00. The largest absolute Gasteiger partial charge is 0.412 e. The van der Waals surface area contributed by atoms with Crippen LogP contribution in [0, 0.1) is 0 Å². The molecule has 0 fully saturated rings. The van der Waals surface area contributed by atoms with Crippen molar-refractivity contribution in [3.63, 3.8) is 0 Å². The SMILES string of the molecule is O.OO.[AlH3].[AlH3]. The van der Waals surface area contributed by atoms with Crippen LogP contribution >= 0.6 is 0 Å². The van der Waals surface area contributed by atoms with Crippen molar-refractivity contribution in [2.75, 3.05) is 0 Å². The molecule has 0 bridgehead atoms. The van der Waals surface area contributed by atoms with Crippen LogP contribution in [0.3, 0.4) is 0 Å². The normalized spacial score (nSPS) is 1.20. The van der Waals surface area contributed by atoms with E-state index in [9.17, 15) is 0 Å². The van der Waals surface area contributed by atoms with Gasteiger partial charge in [-0.3, -0.25) is 10.5 Å². The first kappa shape index (κ1) is 38.4. The lowest BCUT2D eigenvalue weighted by atomic mass is 15.0. The molecule has 0 atom stereocenters. The number of rotatable bonds is 0. The van der Waals surface area contributed by atoms with Gasteiger partial charge in [-0.2, -0.15) is 0 Å². The predicted octanol–water partition coefficient (Wildman–Crippen LogP) is -3.18. The van der Waals surface area contributed by atoms with Gasteiger partial charge in [-0.15, -0.1) is 0 Å². The molecule has 0 aliphatic heterocycles. The zero-order chi connectivity index (χ0) is 2.00. The van der Waals surface area contributed by atoms with Gasteiger partial charge < -0.3 is 5.48 Å². The third kappa shape index (κ3) is 48.0. The molecule has 0 heterocycles. The van der Waals surface area contributed by atoms with E-state index in [-0.39, 0.29) is 40.2 Å². The summed E-state index contributed by atoms with van der Waals surface area (Å²) in [5, 5.41) is 12.0. The molecule has 0 saturated carbocycles. The quantitative estimate of drug-likeness (QED) is 0.197. The van der Waals surface area contributed by atoms with Gasteiger partial charge in [-0.1, -0.05) is 0 Å². The molecule has 0 aliphatic carbocycles. The number of hydrogen-bond donors (Lipinski definition) is 2. The summed E-state index contributed by atoms with van der Waals surface area (Å²) in [5.74, 6) is 0. The minimum Gasteiger partial charge on any atom is -0.412 e. The minimum atomic E-state index is 0. The maximum atomic E-state index is 6.00. The van der Waals surface area contributed by atoms with E-state index < -0.39 is 0 Å². The fourth-order valence-corrected chi connectivity index (χ4v) is 0. The third-order valence-electron chi connectivity index (χ3n) is 0. The lowest BCUT2D eigenvalue weighted by molar-refractivity contribution is -0.176. The van der Waals surface area contributed by atoms with Crippen LogP contribution in [0.4, 0.5) is 0 Å². The van der Waals surface area contributed by atoms with Crippen LogP contribution in [0.1, 0.15) is 0 Å². The Morgan fingerprint density at radius 3 is 0.800 bits per heavy atom. The molecule has 0 spiro atoms. The van der Waals surface area contributed by atoms with E-state index in [1.165, 1.54) is 0 Å². The molecule has 0 saturated heterocycles. The molecule has 0 aromatic heterocycles. The van der Waals surface area contributed by atoms with Crippen LogP contribution < -0.4 is 0 Å². The molecule has 0 aromatic rings. The van der Waals surface area contributed by atoms with Gasteiger partial charge >= 0.3 is 0 Å². The van der Waals surface area contributed by atoms with Crippen molar-refractivity contribution in [3.05, 3.63) is 0 Å². The number of hydrogen-bond acceptors (Lipinski definition) is 2. The summed E-state index contributed by atoms with van der Waals surface area (Å²) >= 11 is 0. The van der Waals surface area contributed by atoms with E-state index in [1.807, 2.05) is 0 Å². The van der Waals surface area contributed by atoms with E-state index in [4.69, 9.17) is 10.5 Å².